The second kappa shape index (κ2) is 11.8. The van der Waals surface area contributed by atoms with Crippen LogP contribution in [0.4, 0.5) is 5.95 Å². The number of esters is 2. The molecule has 1 saturated heterocycles. The molecule has 2 aromatic rings. The highest BCUT2D eigenvalue weighted by Crippen LogP contribution is 2.74. The predicted molar refractivity (Wildman–Crippen MR) is 203 cm³/mol. The molecule has 12 heteroatoms. The molecular formula is C43H48N4O8. The fourth-order valence-corrected chi connectivity index (χ4v) is 10.6. The highest BCUT2D eigenvalue weighted by atomic mass is 16.6. The molecule has 288 valence electrons. The summed E-state index contributed by atoms with van der Waals surface area (Å²) in [5, 5.41) is 8.24. The van der Waals surface area contributed by atoms with Crippen LogP contribution in [0.25, 0.3) is 11.3 Å². The van der Waals surface area contributed by atoms with Gasteiger partial charge in [-0.3, -0.25) is 9.59 Å². The zero-order valence-corrected chi connectivity index (χ0v) is 33.0. The number of Topliss-reactive ketones (excluding diaryl/α,β-unsaturated/α-hetero) is 1. The fraction of sp³-hybridized carbons (Fsp3) is 0.512. The second-order valence-corrected chi connectivity index (χ2v) is 17.4. The van der Waals surface area contributed by atoms with E-state index in [1.165, 1.54) is 19.0 Å². The van der Waals surface area contributed by atoms with Crippen molar-refractivity contribution < 1.29 is 38.1 Å². The number of hydrogen-bond acceptors (Lipinski definition) is 11. The van der Waals surface area contributed by atoms with E-state index < -0.39 is 40.3 Å². The van der Waals surface area contributed by atoms with Crippen LogP contribution in [0.3, 0.4) is 0 Å². The zero-order chi connectivity index (χ0) is 39.0. The molecule has 1 aromatic carbocycles. The molecule has 6 heterocycles. The number of ether oxygens (including phenoxy) is 5. The second-order valence-electron chi connectivity index (χ2n) is 17.4. The lowest BCUT2D eigenvalue weighted by Crippen LogP contribution is -2.75. The summed E-state index contributed by atoms with van der Waals surface area (Å²) in [5.41, 5.74) is 2.79. The number of aromatic nitrogens is 3. The monoisotopic (exact) mass is 748 g/mol. The molecule has 8 aliphatic rings. The Labute approximate surface area is 320 Å². The van der Waals surface area contributed by atoms with Crippen LogP contribution in [-0.2, 0) is 30.3 Å². The number of nitrogens with one attached hydrogen (secondary N) is 1. The van der Waals surface area contributed by atoms with E-state index in [-0.39, 0.29) is 30.5 Å². The quantitative estimate of drug-likeness (QED) is 0.127. The first-order chi connectivity index (χ1) is 26.1. The standard InChI is InChI=1S/C43H48N4O8/c1-21(2)11-10-15-41(8)19-24-17-28(48)52-36-29(24)34(53-41)25(13-12-22(3)4)35-30(36)32-31-33(47-39(46-32)44-20-45-47)26-18-27-40(6,7)55-42(37(26)49,43(27,31)54-35)16-14-23(5)38(50)51-9/h11-12,14,19-20,26-27,33H,10,13,15-18H2,1-9H3,(H,44,45,46)/b23-14-. The molecule has 0 radical (unpaired) electrons. The SMILES string of the molecule is COC(=O)/C(C)=C\CC12OC(C)(C)C3CC(C1=O)C1C4=C(Nc5ncnn51)c1c(c(CC=C(C)C)c5c6c1OC(=O)CC6=CC(C)(CCC=C(C)C)O5)OC432. The molecule has 6 atom stereocenters. The van der Waals surface area contributed by atoms with Crippen LogP contribution in [0.15, 0.2) is 52.9 Å². The number of rotatable bonds is 8. The lowest BCUT2D eigenvalue weighted by Gasteiger charge is -2.62. The van der Waals surface area contributed by atoms with E-state index in [1.807, 2.05) is 13.8 Å². The molecule has 6 unspecified atom stereocenters. The van der Waals surface area contributed by atoms with Gasteiger partial charge in [-0.1, -0.05) is 29.4 Å². The number of methoxy groups -OCH3 is 1. The first-order valence-electron chi connectivity index (χ1n) is 19.3. The Morgan fingerprint density at radius 1 is 1.02 bits per heavy atom. The number of allylic oxidation sites excluding steroid dienone is 4. The normalized spacial score (nSPS) is 31.0. The number of nitrogens with zero attached hydrogens (tertiary/aromatic N) is 3. The molecule has 10 rings (SSSR count). The maximum absolute atomic E-state index is 15.3. The predicted octanol–water partition coefficient (Wildman–Crippen LogP) is 7.16. The van der Waals surface area contributed by atoms with Gasteiger partial charge in [0, 0.05) is 35.0 Å². The van der Waals surface area contributed by atoms with Gasteiger partial charge in [0.05, 0.1) is 42.0 Å². The maximum atomic E-state index is 15.3. The number of carbonyl (C=O) groups excluding carboxylic acids is 3. The molecule has 4 fully saturated rings. The van der Waals surface area contributed by atoms with Crippen LogP contribution in [0, 0.1) is 11.8 Å². The Kier molecular flexibility index (Phi) is 7.64. The van der Waals surface area contributed by atoms with Crippen LogP contribution in [0.5, 0.6) is 17.2 Å². The molecule has 12 nitrogen and oxygen atoms in total. The van der Waals surface area contributed by atoms with E-state index in [0.29, 0.717) is 59.3 Å². The summed E-state index contributed by atoms with van der Waals surface area (Å²) >= 11 is 0. The Morgan fingerprint density at radius 3 is 2.49 bits per heavy atom. The van der Waals surface area contributed by atoms with E-state index in [4.69, 9.17) is 23.7 Å². The summed E-state index contributed by atoms with van der Waals surface area (Å²) in [6.45, 7) is 16.0. The third-order valence-corrected chi connectivity index (χ3v) is 12.8. The van der Waals surface area contributed by atoms with Gasteiger partial charge in [0.25, 0.3) is 0 Å². The number of fused-ring (bicyclic) bond motifs is 4. The van der Waals surface area contributed by atoms with Gasteiger partial charge in [-0.05, 0) is 92.7 Å². The average Bonchev–Trinajstić information content (AvgIpc) is 3.64. The molecule has 55 heavy (non-hydrogen) atoms. The summed E-state index contributed by atoms with van der Waals surface area (Å²) in [7, 11) is 1.34. The van der Waals surface area contributed by atoms with Gasteiger partial charge in [0.2, 0.25) is 5.95 Å². The van der Waals surface area contributed by atoms with Crippen LogP contribution >= 0.6 is 0 Å². The van der Waals surface area contributed by atoms with Crippen LogP contribution in [-0.4, -0.2) is 62.0 Å². The molecule has 0 amide bonds. The summed E-state index contributed by atoms with van der Waals surface area (Å²) in [6.07, 6.45) is 12.3. The number of hydrogen-bond donors (Lipinski definition) is 1. The summed E-state index contributed by atoms with van der Waals surface area (Å²) in [5.74, 6) is 0.166. The van der Waals surface area contributed by atoms with Gasteiger partial charge in [-0.15, -0.1) is 0 Å². The number of ketones is 1. The first-order valence-corrected chi connectivity index (χ1v) is 19.3. The van der Waals surface area contributed by atoms with E-state index in [2.05, 4.69) is 68.2 Å². The van der Waals surface area contributed by atoms with Crippen molar-refractivity contribution in [3.05, 3.63) is 69.6 Å². The third-order valence-electron chi connectivity index (χ3n) is 12.8. The maximum Gasteiger partial charge on any atom is 0.333 e. The summed E-state index contributed by atoms with van der Waals surface area (Å²) in [6, 6.07) is -0.532. The van der Waals surface area contributed by atoms with Gasteiger partial charge in [-0.25, -0.2) is 9.48 Å². The van der Waals surface area contributed by atoms with Crippen LogP contribution in [0.1, 0.15) is 110 Å². The van der Waals surface area contributed by atoms with Crippen molar-refractivity contribution >= 4 is 34.9 Å². The van der Waals surface area contributed by atoms with Gasteiger partial charge < -0.3 is 29.0 Å². The minimum atomic E-state index is -1.52. The van der Waals surface area contributed by atoms with Crippen molar-refractivity contribution in [3.63, 3.8) is 0 Å². The van der Waals surface area contributed by atoms with Crippen LogP contribution < -0.4 is 19.5 Å². The Balaban J connectivity index is 1.36. The molecule has 4 bridgehead atoms. The van der Waals surface area contributed by atoms with Gasteiger partial charge in [-0.2, -0.15) is 10.1 Å². The van der Waals surface area contributed by atoms with Gasteiger partial charge in [0.1, 0.15) is 23.4 Å². The van der Waals surface area contributed by atoms with Crippen LogP contribution in [0.2, 0.25) is 0 Å². The zero-order valence-electron chi connectivity index (χ0n) is 33.0. The molecule has 3 aliphatic carbocycles. The minimum absolute atomic E-state index is 0.0775. The average molecular weight is 749 g/mol. The van der Waals surface area contributed by atoms with E-state index in [0.717, 1.165) is 34.3 Å². The van der Waals surface area contributed by atoms with Gasteiger partial charge in [0.15, 0.2) is 22.7 Å². The summed E-state index contributed by atoms with van der Waals surface area (Å²) in [4.78, 5) is 46.3. The highest BCUT2D eigenvalue weighted by molar-refractivity contribution is 6.05. The summed E-state index contributed by atoms with van der Waals surface area (Å²) < 4.78 is 35.1. The molecule has 3 saturated carbocycles. The first kappa shape index (κ1) is 35.7. The van der Waals surface area contributed by atoms with E-state index >= 15 is 4.79 Å². The fourth-order valence-electron chi connectivity index (χ4n) is 10.6. The lowest BCUT2D eigenvalue weighted by molar-refractivity contribution is -0.181. The largest absolute Gasteiger partial charge is 0.482 e. The van der Waals surface area contributed by atoms with E-state index in [9.17, 15) is 9.59 Å². The minimum Gasteiger partial charge on any atom is -0.482 e. The number of benzene rings is 1. The van der Waals surface area contributed by atoms with Crippen molar-refractivity contribution in [2.24, 2.45) is 11.8 Å². The number of anilines is 1. The van der Waals surface area contributed by atoms with Crippen molar-refractivity contribution in [1.29, 1.82) is 0 Å². The molecule has 1 N–H and O–H groups in total. The molecule has 5 aliphatic heterocycles. The van der Waals surface area contributed by atoms with Crippen molar-refractivity contribution in [3.8, 4) is 17.2 Å². The van der Waals surface area contributed by atoms with Crippen molar-refractivity contribution in [2.45, 2.75) is 122 Å². The smallest absolute Gasteiger partial charge is 0.333 e. The Morgan fingerprint density at radius 2 is 1.76 bits per heavy atom. The third kappa shape index (κ3) is 4.75. The topological polar surface area (TPSA) is 140 Å². The molecule has 1 aromatic heterocycles. The lowest BCUT2D eigenvalue weighted by atomic mass is 9.47. The molecular weight excluding hydrogens is 700 g/mol. The number of carbonyl (C=O) groups is 3. The Hall–Kier alpha value is -4.97. The van der Waals surface area contributed by atoms with Crippen molar-refractivity contribution in [2.75, 3.05) is 12.4 Å². The van der Waals surface area contributed by atoms with Crippen molar-refractivity contribution in [1.82, 2.24) is 14.8 Å². The van der Waals surface area contributed by atoms with E-state index in [1.54, 1.807) is 17.7 Å². The van der Waals surface area contributed by atoms with Gasteiger partial charge >= 0.3 is 11.9 Å². The Bertz CT molecular complexity index is 2280. The molecule has 1 spiro atoms. The highest BCUT2D eigenvalue weighted by Gasteiger charge is 2.84.